The highest BCUT2D eigenvalue weighted by molar-refractivity contribution is 7.80. The van der Waals surface area contributed by atoms with Crippen LogP contribution < -0.4 is 11.1 Å². The van der Waals surface area contributed by atoms with Gasteiger partial charge in [0.25, 0.3) is 0 Å². The minimum Gasteiger partial charge on any atom is -0.446 e. The minimum absolute atomic E-state index is 0.282. The number of ether oxygens (including phenoxy) is 1. The molecule has 1 amide bonds. The first-order chi connectivity index (χ1) is 8.04. The van der Waals surface area contributed by atoms with Gasteiger partial charge < -0.3 is 15.8 Å². The standard InChI is InChI=1S/C12H14N2O2S/c1-7-2-3-10-8(4-7)5-9(16-12(13)15)6-11(17)14-10/h2-4,9H,5-6H2,1H3,(H2,13,15)(H,14,17). The highest BCUT2D eigenvalue weighted by Crippen LogP contribution is 2.24. The average Bonchev–Trinajstić information content (AvgIpc) is 2.34. The minimum atomic E-state index is -0.756. The molecule has 90 valence electrons. The van der Waals surface area contributed by atoms with Gasteiger partial charge in [-0.05, 0) is 18.6 Å². The maximum absolute atomic E-state index is 10.8. The van der Waals surface area contributed by atoms with E-state index >= 15 is 0 Å². The molecule has 1 aliphatic rings. The van der Waals surface area contributed by atoms with Gasteiger partial charge in [0.2, 0.25) is 0 Å². The molecule has 2 rings (SSSR count). The van der Waals surface area contributed by atoms with Gasteiger partial charge in [-0.15, -0.1) is 0 Å². The fourth-order valence-electron chi connectivity index (χ4n) is 1.99. The summed E-state index contributed by atoms with van der Waals surface area (Å²) in [7, 11) is 0. The predicted molar refractivity (Wildman–Crippen MR) is 70.2 cm³/mol. The number of aryl methyl sites for hydroxylation is 1. The first-order valence-corrected chi connectivity index (χ1v) is 5.81. The molecule has 1 atom stereocenters. The third-order valence-corrected chi connectivity index (χ3v) is 2.95. The molecule has 1 aromatic carbocycles. The first kappa shape index (κ1) is 11.9. The molecule has 0 fully saturated rings. The second-order valence-corrected chi connectivity index (χ2v) is 4.67. The molecule has 1 aliphatic heterocycles. The van der Waals surface area contributed by atoms with Gasteiger partial charge in [0.05, 0.1) is 4.99 Å². The number of hydrogen-bond acceptors (Lipinski definition) is 3. The van der Waals surface area contributed by atoms with Crippen molar-refractivity contribution in [2.24, 2.45) is 5.73 Å². The van der Waals surface area contributed by atoms with Crippen LogP contribution >= 0.6 is 12.2 Å². The predicted octanol–water partition coefficient (Wildman–Crippen LogP) is 2.14. The van der Waals surface area contributed by atoms with E-state index in [1.54, 1.807) is 0 Å². The van der Waals surface area contributed by atoms with E-state index in [9.17, 15) is 4.79 Å². The van der Waals surface area contributed by atoms with Crippen molar-refractivity contribution in [1.82, 2.24) is 0 Å². The highest BCUT2D eigenvalue weighted by atomic mass is 32.1. The third-order valence-electron chi connectivity index (χ3n) is 2.68. The Labute approximate surface area is 105 Å². The molecular weight excluding hydrogens is 236 g/mol. The fraction of sp³-hybridized carbons (Fsp3) is 0.333. The lowest BCUT2D eigenvalue weighted by Crippen LogP contribution is -2.26. The van der Waals surface area contributed by atoms with Crippen LogP contribution in [0.15, 0.2) is 18.2 Å². The van der Waals surface area contributed by atoms with Crippen molar-refractivity contribution >= 4 is 29.0 Å². The monoisotopic (exact) mass is 250 g/mol. The summed E-state index contributed by atoms with van der Waals surface area (Å²) in [6, 6.07) is 6.07. The van der Waals surface area contributed by atoms with Crippen LogP contribution in [0.1, 0.15) is 17.5 Å². The van der Waals surface area contributed by atoms with Gasteiger partial charge in [-0.2, -0.15) is 0 Å². The number of primary amides is 1. The molecule has 0 saturated carbocycles. The number of hydrogen-bond donors (Lipinski definition) is 2. The summed E-state index contributed by atoms with van der Waals surface area (Å²) in [6.45, 7) is 2.02. The highest BCUT2D eigenvalue weighted by Gasteiger charge is 2.21. The molecule has 4 nitrogen and oxygen atoms in total. The van der Waals surface area contributed by atoms with Gasteiger partial charge >= 0.3 is 6.09 Å². The van der Waals surface area contributed by atoms with Crippen molar-refractivity contribution < 1.29 is 9.53 Å². The summed E-state index contributed by atoms with van der Waals surface area (Å²) in [6.07, 6.45) is 0.100. The zero-order valence-electron chi connectivity index (χ0n) is 9.53. The lowest BCUT2D eigenvalue weighted by atomic mass is 10.0. The molecule has 17 heavy (non-hydrogen) atoms. The fourth-order valence-corrected chi connectivity index (χ4v) is 2.28. The summed E-state index contributed by atoms with van der Waals surface area (Å²) in [4.78, 5) is 11.5. The molecule has 0 spiro atoms. The van der Waals surface area contributed by atoms with Gasteiger partial charge in [0, 0.05) is 18.5 Å². The summed E-state index contributed by atoms with van der Waals surface area (Å²) >= 11 is 5.19. The molecule has 1 unspecified atom stereocenters. The van der Waals surface area contributed by atoms with Gasteiger partial charge in [0.15, 0.2) is 0 Å². The van der Waals surface area contributed by atoms with E-state index in [0.717, 1.165) is 16.8 Å². The van der Waals surface area contributed by atoms with Crippen molar-refractivity contribution in [3.63, 3.8) is 0 Å². The Kier molecular flexibility index (Phi) is 3.28. The van der Waals surface area contributed by atoms with E-state index in [4.69, 9.17) is 22.7 Å². The summed E-state index contributed by atoms with van der Waals surface area (Å²) in [5.74, 6) is 0. The number of amides is 1. The molecule has 3 N–H and O–H groups in total. The van der Waals surface area contributed by atoms with Crippen molar-refractivity contribution in [2.75, 3.05) is 5.32 Å². The molecule has 0 aromatic heterocycles. The van der Waals surface area contributed by atoms with Crippen molar-refractivity contribution in [3.05, 3.63) is 29.3 Å². The number of fused-ring (bicyclic) bond motifs is 1. The Bertz CT molecular complexity index is 474. The van der Waals surface area contributed by atoms with Crippen molar-refractivity contribution in [3.8, 4) is 0 Å². The number of benzene rings is 1. The number of carbonyl (C=O) groups is 1. The van der Waals surface area contributed by atoms with E-state index in [0.29, 0.717) is 17.8 Å². The van der Waals surface area contributed by atoms with Crippen LogP contribution in [0.3, 0.4) is 0 Å². The van der Waals surface area contributed by atoms with E-state index in [1.165, 1.54) is 0 Å². The maximum atomic E-state index is 10.8. The molecular formula is C12H14N2O2S. The molecule has 1 heterocycles. The van der Waals surface area contributed by atoms with Crippen LogP contribution in [0, 0.1) is 6.92 Å². The first-order valence-electron chi connectivity index (χ1n) is 5.40. The van der Waals surface area contributed by atoms with E-state index in [1.807, 2.05) is 19.1 Å². The zero-order chi connectivity index (χ0) is 12.4. The second kappa shape index (κ2) is 4.71. The molecule has 1 aromatic rings. The topological polar surface area (TPSA) is 64.3 Å². The largest absolute Gasteiger partial charge is 0.446 e. The smallest absolute Gasteiger partial charge is 0.404 e. The second-order valence-electron chi connectivity index (χ2n) is 4.18. The summed E-state index contributed by atoms with van der Waals surface area (Å²) in [5.41, 5.74) is 8.28. The molecule has 5 heteroatoms. The summed E-state index contributed by atoms with van der Waals surface area (Å²) < 4.78 is 5.05. The Balaban J connectivity index is 2.28. The lowest BCUT2D eigenvalue weighted by molar-refractivity contribution is 0.111. The zero-order valence-corrected chi connectivity index (χ0v) is 10.3. The van der Waals surface area contributed by atoms with Crippen LogP contribution in [0.5, 0.6) is 0 Å². The van der Waals surface area contributed by atoms with E-state index in [-0.39, 0.29) is 6.10 Å². The van der Waals surface area contributed by atoms with E-state index < -0.39 is 6.09 Å². The van der Waals surface area contributed by atoms with Gasteiger partial charge in [0.1, 0.15) is 6.10 Å². The SMILES string of the molecule is Cc1ccc2c(c1)CC(OC(N)=O)CC(=S)N2. The maximum Gasteiger partial charge on any atom is 0.404 e. The van der Waals surface area contributed by atoms with Crippen LogP contribution in [-0.4, -0.2) is 17.2 Å². The van der Waals surface area contributed by atoms with E-state index in [2.05, 4.69) is 11.4 Å². The molecule has 0 radical (unpaired) electrons. The Hall–Kier alpha value is -1.62. The van der Waals surface area contributed by atoms with Crippen molar-refractivity contribution in [1.29, 1.82) is 0 Å². The Morgan fingerprint density at radius 1 is 1.53 bits per heavy atom. The number of nitrogens with two attached hydrogens (primary N) is 1. The van der Waals surface area contributed by atoms with Crippen molar-refractivity contribution in [2.45, 2.75) is 25.9 Å². The quantitative estimate of drug-likeness (QED) is 0.750. The molecule has 0 saturated heterocycles. The van der Waals surface area contributed by atoms with Gasteiger partial charge in [-0.1, -0.05) is 29.9 Å². The summed E-state index contributed by atoms with van der Waals surface area (Å²) in [5, 5.41) is 3.15. The van der Waals surface area contributed by atoms with Crippen LogP contribution in [0.4, 0.5) is 10.5 Å². The van der Waals surface area contributed by atoms with Gasteiger partial charge in [-0.3, -0.25) is 0 Å². The lowest BCUT2D eigenvalue weighted by Gasteiger charge is -2.13. The number of rotatable bonds is 1. The van der Waals surface area contributed by atoms with Gasteiger partial charge in [-0.25, -0.2) is 4.79 Å². The Morgan fingerprint density at radius 3 is 3.00 bits per heavy atom. The van der Waals surface area contributed by atoms with Crippen LogP contribution in [0.25, 0.3) is 0 Å². The third kappa shape index (κ3) is 2.94. The number of thiocarbonyl (C=S) groups is 1. The number of nitrogens with one attached hydrogen (secondary N) is 1. The number of anilines is 1. The van der Waals surface area contributed by atoms with Crippen LogP contribution in [0.2, 0.25) is 0 Å². The van der Waals surface area contributed by atoms with Crippen LogP contribution in [-0.2, 0) is 11.2 Å². The normalized spacial score (nSPS) is 18.9. The number of carbonyl (C=O) groups excluding carboxylic acids is 1. The Morgan fingerprint density at radius 2 is 2.29 bits per heavy atom. The molecule has 0 bridgehead atoms. The average molecular weight is 250 g/mol. The molecule has 0 aliphatic carbocycles.